The zero-order valence-corrected chi connectivity index (χ0v) is 33.5. The van der Waals surface area contributed by atoms with Crippen molar-refractivity contribution in [3.8, 4) is 27.9 Å². The van der Waals surface area contributed by atoms with Crippen LogP contribution in [-0.4, -0.2) is 4.57 Å². The molecule has 0 fully saturated rings. The van der Waals surface area contributed by atoms with Gasteiger partial charge in [-0.2, -0.15) is 0 Å². The summed E-state index contributed by atoms with van der Waals surface area (Å²) in [5, 5.41) is 9.13. The number of hydrogen-bond donors (Lipinski definition) is 0. The third kappa shape index (κ3) is 5.27. The van der Waals surface area contributed by atoms with Gasteiger partial charge in [0.05, 0.1) is 22.1 Å². The minimum atomic E-state index is 0.851. The Bertz CT molecular complexity index is 3870. The lowest BCUT2D eigenvalue weighted by molar-refractivity contribution is 0.669. The summed E-state index contributed by atoms with van der Waals surface area (Å²) in [6, 6.07) is 78.0. The second-order valence-electron chi connectivity index (χ2n) is 16.0. The summed E-state index contributed by atoms with van der Waals surface area (Å²) in [6.45, 7) is 0. The van der Waals surface area contributed by atoms with Crippen LogP contribution in [0.15, 0.2) is 227 Å². The number of para-hydroxylation sites is 3. The van der Waals surface area contributed by atoms with Gasteiger partial charge < -0.3 is 18.3 Å². The molecule has 4 heteroatoms. The number of anilines is 3. The molecule has 290 valence electrons. The number of nitrogens with zero attached hydrogens (tertiary/aromatic N) is 2. The van der Waals surface area contributed by atoms with Gasteiger partial charge in [-0.3, -0.25) is 0 Å². The first-order chi connectivity index (χ1) is 30.7. The number of fused-ring (bicyclic) bond motifs is 11. The van der Waals surface area contributed by atoms with Crippen molar-refractivity contribution in [2.24, 2.45) is 0 Å². The van der Waals surface area contributed by atoms with Crippen LogP contribution in [-0.2, 0) is 0 Å². The summed E-state index contributed by atoms with van der Waals surface area (Å²) in [4.78, 5) is 2.38. The Balaban J connectivity index is 0.990. The van der Waals surface area contributed by atoms with Crippen LogP contribution in [0.1, 0.15) is 0 Å². The number of benzene rings is 10. The van der Waals surface area contributed by atoms with E-state index in [-0.39, 0.29) is 0 Å². The van der Waals surface area contributed by atoms with E-state index >= 15 is 0 Å². The molecule has 13 aromatic rings. The van der Waals surface area contributed by atoms with E-state index in [2.05, 4.69) is 216 Å². The highest BCUT2D eigenvalue weighted by atomic mass is 16.3. The van der Waals surface area contributed by atoms with Crippen molar-refractivity contribution in [1.82, 2.24) is 4.57 Å². The average Bonchev–Trinajstić information content (AvgIpc) is 4.02. The molecule has 0 N–H and O–H groups in total. The molecule has 0 aliphatic rings. The summed E-state index contributed by atoms with van der Waals surface area (Å²) in [6.07, 6.45) is 0. The Labute approximate surface area is 356 Å². The van der Waals surface area contributed by atoms with Gasteiger partial charge in [0.15, 0.2) is 0 Å². The first kappa shape index (κ1) is 34.5. The van der Waals surface area contributed by atoms with Crippen molar-refractivity contribution in [3.05, 3.63) is 218 Å². The first-order valence-corrected chi connectivity index (χ1v) is 21.1. The van der Waals surface area contributed by atoms with E-state index < -0.39 is 0 Å². The van der Waals surface area contributed by atoms with Crippen molar-refractivity contribution in [2.75, 3.05) is 4.90 Å². The summed E-state index contributed by atoms with van der Waals surface area (Å²) in [5.74, 6) is 0. The third-order valence-electron chi connectivity index (χ3n) is 12.6. The Morgan fingerprint density at radius 2 is 1.05 bits per heavy atom. The van der Waals surface area contributed by atoms with E-state index in [0.717, 1.165) is 94.1 Å². The molecule has 0 unspecified atom stereocenters. The van der Waals surface area contributed by atoms with E-state index in [9.17, 15) is 0 Å². The molecule has 0 aliphatic carbocycles. The molecule has 0 atom stereocenters. The first-order valence-electron chi connectivity index (χ1n) is 21.1. The van der Waals surface area contributed by atoms with Gasteiger partial charge in [0, 0.05) is 49.4 Å². The molecule has 10 aromatic carbocycles. The second-order valence-corrected chi connectivity index (χ2v) is 16.0. The monoisotopic (exact) mass is 792 g/mol. The fourth-order valence-corrected chi connectivity index (χ4v) is 9.79. The van der Waals surface area contributed by atoms with Crippen LogP contribution >= 0.6 is 0 Å². The van der Waals surface area contributed by atoms with Gasteiger partial charge in [-0.05, 0) is 113 Å². The maximum Gasteiger partial charge on any atom is 0.143 e. The topological polar surface area (TPSA) is 34.5 Å². The van der Waals surface area contributed by atoms with E-state index in [0.29, 0.717) is 0 Å². The number of aromatic nitrogens is 1. The van der Waals surface area contributed by atoms with Crippen LogP contribution in [0.25, 0.3) is 104 Å². The predicted octanol–water partition coefficient (Wildman–Crippen LogP) is 16.5. The molecule has 0 aliphatic heterocycles. The van der Waals surface area contributed by atoms with Crippen molar-refractivity contribution >= 4 is 93.5 Å². The maximum absolute atomic E-state index is 6.74. The largest absolute Gasteiger partial charge is 0.456 e. The highest BCUT2D eigenvalue weighted by Crippen LogP contribution is 2.46. The van der Waals surface area contributed by atoms with Crippen LogP contribution in [0.4, 0.5) is 17.1 Å². The molecule has 0 radical (unpaired) electrons. The molecule has 0 amide bonds. The van der Waals surface area contributed by atoms with Crippen molar-refractivity contribution in [3.63, 3.8) is 0 Å². The van der Waals surface area contributed by atoms with Gasteiger partial charge in [-0.15, -0.1) is 0 Å². The van der Waals surface area contributed by atoms with Crippen LogP contribution in [0, 0.1) is 0 Å². The Morgan fingerprint density at radius 1 is 0.355 bits per heavy atom. The second kappa shape index (κ2) is 13.6. The van der Waals surface area contributed by atoms with E-state index in [1.165, 1.54) is 27.4 Å². The molecule has 0 spiro atoms. The molecular weight excluding hydrogens is 757 g/mol. The third-order valence-corrected chi connectivity index (χ3v) is 12.6. The minimum Gasteiger partial charge on any atom is -0.456 e. The Hall–Kier alpha value is -8.34. The molecular formula is C58H36N2O2. The zero-order chi connectivity index (χ0) is 40.7. The zero-order valence-electron chi connectivity index (χ0n) is 33.5. The molecule has 4 nitrogen and oxygen atoms in total. The van der Waals surface area contributed by atoms with Crippen molar-refractivity contribution < 1.29 is 8.83 Å². The van der Waals surface area contributed by atoms with Crippen molar-refractivity contribution in [1.29, 1.82) is 0 Å². The lowest BCUT2D eigenvalue weighted by Gasteiger charge is -2.27. The molecule has 3 heterocycles. The van der Waals surface area contributed by atoms with Crippen LogP contribution in [0.3, 0.4) is 0 Å². The molecule has 13 rings (SSSR count). The number of rotatable bonds is 6. The van der Waals surface area contributed by atoms with E-state index in [4.69, 9.17) is 8.83 Å². The Morgan fingerprint density at radius 3 is 1.94 bits per heavy atom. The molecule has 0 bridgehead atoms. The lowest BCUT2D eigenvalue weighted by Crippen LogP contribution is -2.10. The Kier molecular flexibility index (Phi) is 7.57. The highest BCUT2D eigenvalue weighted by molar-refractivity contribution is 6.20. The molecule has 3 aromatic heterocycles. The van der Waals surface area contributed by atoms with Crippen LogP contribution in [0.5, 0.6) is 0 Å². The predicted molar refractivity (Wildman–Crippen MR) is 258 cm³/mol. The van der Waals surface area contributed by atoms with Crippen LogP contribution in [0.2, 0.25) is 0 Å². The quantitative estimate of drug-likeness (QED) is 0.168. The summed E-state index contributed by atoms with van der Waals surface area (Å²) in [7, 11) is 0. The fourth-order valence-electron chi connectivity index (χ4n) is 9.79. The van der Waals surface area contributed by atoms with Gasteiger partial charge in [-0.25, -0.2) is 0 Å². The van der Waals surface area contributed by atoms with Gasteiger partial charge in [-0.1, -0.05) is 133 Å². The van der Waals surface area contributed by atoms with Gasteiger partial charge in [0.2, 0.25) is 0 Å². The SMILES string of the molecule is c1ccc(-n2c3ccccc3c3cc(-c4ccc(N(c5cccc(-c6cccc7oc8ccccc8c67)c5)c5cccc6oc7c8ccccc8ccc7c56)cc4)ccc32)cc1. The molecule has 0 saturated carbocycles. The maximum atomic E-state index is 6.74. The summed E-state index contributed by atoms with van der Waals surface area (Å²) < 4.78 is 15.4. The van der Waals surface area contributed by atoms with Crippen molar-refractivity contribution in [2.45, 2.75) is 0 Å². The molecule has 0 saturated heterocycles. The minimum absolute atomic E-state index is 0.851. The van der Waals surface area contributed by atoms with Crippen LogP contribution < -0.4 is 4.90 Å². The van der Waals surface area contributed by atoms with Gasteiger partial charge >= 0.3 is 0 Å². The van der Waals surface area contributed by atoms with E-state index in [1.807, 2.05) is 12.1 Å². The van der Waals surface area contributed by atoms with Gasteiger partial charge in [0.25, 0.3) is 0 Å². The normalized spacial score (nSPS) is 11.9. The van der Waals surface area contributed by atoms with Gasteiger partial charge in [0.1, 0.15) is 22.3 Å². The number of hydrogen-bond acceptors (Lipinski definition) is 3. The molecule has 62 heavy (non-hydrogen) atoms. The van der Waals surface area contributed by atoms with E-state index in [1.54, 1.807) is 0 Å². The fraction of sp³-hybridized carbons (Fsp3) is 0. The number of furan rings is 2. The average molecular weight is 793 g/mol. The standard InChI is InChI=1S/C58H36N2O2/c1-2-15-41(16-3-1)60-50-22-8-6-19-46(50)49-36-39(30-34-51(49)60)37-27-31-42(32-28-37)59(52-23-12-26-55-57(52)48-33-29-38-13-4-5-18-45(38)58(48)62-55)43-17-10-14-40(35-43)44-21-11-25-54-56(44)47-20-7-9-24-53(47)61-54/h1-36H. The smallest absolute Gasteiger partial charge is 0.143 e. The summed E-state index contributed by atoms with van der Waals surface area (Å²) >= 11 is 0. The highest BCUT2D eigenvalue weighted by Gasteiger charge is 2.22. The lowest BCUT2D eigenvalue weighted by atomic mass is 9.98. The summed E-state index contributed by atoms with van der Waals surface area (Å²) in [5.41, 5.74) is 14.8.